The van der Waals surface area contributed by atoms with Crippen LogP contribution in [0.25, 0.3) is 0 Å². The maximum absolute atomic E-state index is 13.4. The molecule has 0 bridgehead atoms. The number of benzene rings is 2. The van der Waals surface area contributed by atoms with Gasteiger partial charge in [0, 0.05) is 31.0 Å². The topological polar surface area (TPSA) is 65.2 Å². The molecule has 2 heterocycles. The number of piperazine rings is 1. The number of carbonyl (C=O) groups is 1. The maximum atomic E-state index is 13.4. The largest absolute Gasteiger partial charge is 0.360 e. The first kappa shape index (κ1) is 26.3. The molecule has 2 aromatic carbocycles. The number of anilines is 1. The third-order valence-corrected chi connectivity index (χ3v) is 6.89. The number of halogens is 1. The van der Waals surface area contributed by atoms with Crippen LogP contribution in [0.1, 0.15) is 54.1 Å². The van der Waals surface area contributed by atoms with Crippen LogP contribution in [-0.2, 0) is 17.9 Å². The van der Waals surface area contributed by atoms with Crippen molar-refractivity contribution < 1.29 is 4.79 Å². The Morgan fingerprint density at radius 3 is 2.60 bits per heavy atom. The fraction of sp³-hybridized carbons (Fsp3) is 0.393. The van der Waals surface area contributed by atoms with Crippen molar-refractivity contribution in [3.05, 3.63) is 82.9 Å². The Morgan fingerprint density at radius 2 is 1.89 bits per heavy atom. The lowest BCUT2D eigenvalue weighted by molar-refractivity contribution is -0.134. The van der Waals surface area contributed by atoms with E-state index in [0.29, 0.717) is 25.2 Å². The second-order valence-electron chi connectivity index (χ2n) is 9.24. The predicted octanol–water partition coefficient (Wildman–Crippen LogP) is 5.25. The van der Waals surface area contributed by atoms with Crippen molar-refractivity contribution in [3.63, 3.8) is 0 Å². The third kappa shape index (κ3) is 6.04. The van der Waals surface area contributed by atoms with Crippen LogP contribution in [0.2, 0.25) is 0 Å². The second kappa shape index (κ2) is 11.9. The highest BCUT2D eigenvalue weighted by Gasteiger charge is 2.33. The van der Waals surface area contributed by atoms with E-state index in [0.717, 1.165) is 37.1 Å². The standard InChI is InChI=1S/C28H33N5O.ClH/c1-4-5-8-25-17-31(27-9-6-7-21(2)22(27)3)19-28(34)33(25)18-26-15-30-20-32(26)16-24-12-10-23(14-29)11-13-24;/h6-7,9-13,15,20,25H,4-5,8,16-19H2,1-3H3;1H/t25-;/m0./s1. The minimum absolute atomic E-state index is 0. The summed E-state index contributed by atoms with van der Waals surface area (Å²) in [6.07, 6.45) is 6.89. The summed E-state index contributed by atoms with van der Waals surface area (Å²) in [6.45, 7) is 8.94. The Hall–Kier alpha value is -3.30. The number of unbranched alkanes of at least 4 members (excludes halogenated alkanes) is 1. The highest BCUT2D eigenvalue weighted by Crippen LogP contribution is 2.28. The number of hydrogen-bond acceptors (Lipinski definition) is 4. The van der Waals surface area contributed by atoms with Crippen LogP contribution in [-0.4, -0.2) is 39.5 Å². The molecule has 0 N–H and O–H groups in total. The Bertz CT molecular complexity index is 1180. The number of nitrogens with zero attached hydrogens (tertiary/aromatic N) is 5. The van der Waals surface area contributed by atoms with E-state index >= 15 is 0 Å². The predicted molar refractivity (Wildman–Crippen MR) is 142 cm³/mol. The average molecular weight is 492 g/mol. The maximum Gasteiger partial charge on any atom is 0.242 e. The smallest absolute Gasteiger partial charge is 0.242 e. The number of carbonyl (C=O) groups excluding carboxylic acids is 1. The number of aryl methyl sites for hydroxylation is 1. The van der Waals surface area contributed by atoms with E-state index in [1.807, 2.05) is 36.8 Å². The van der Waals surface area contributed by atoms with Gasteiger partial charge in [0.05, 0.1) is 36.7 Å². The SMILES string of the molecule is CCCC[C@H]1CN(c2cccc(C)c2C)CC(=O)N1Cc1cncn1Cc1ccc(C#N)cc1.Cl. The molecule has 1 aromatic heterocycles. The summed E-state index contributed by atoms with van der Waals surface area (Å²) in [5.74, 6) is 0.166. The number of hydrogen-bond donors (Lipinski definition) is 0. The summed E-state index contributed by atoms with van der Waals surface area (Å²) in [6, 6.07) is 16.3. The first-order chi connectivity index (χ1) is 16.5. The molecular formula is C28H34ClN5O. The van der Waals surface area contributed by atoms with Crippen LogP contribution >= 0.6 is 12.4 Å². The summed E-state index contributed by atoms with van der Waals surface area (Å²) in [5.41, 5.74) is 6.45. The number of nitriles is 1. The molecule has 7 heteroatoms. The summed E-state index contributed by atoms with van der Waals surface area (Å²) in [5, 5.41) is 9.04. The molecule has 6 nitrogen and oxygen atoms in total. The van der Waals surface area contributed by atoms with E-state index in [-0.39, 0.29) is 24.4 Å². The van der Waals surface area contributed by atoms with E-state index in [2.05, 4.69) is 64.4 Å². The average Bonchev–Trinajstić information content (AvgIpc) is 3.28. The van der Waals surface area contributed by atoms with Gasteiger partial charge in [-0.25, -0.2) is 4.98 Å². The minimum Gasteiger partial charge on any atom is -0.360 e. The summed E-state index contributed by atoms with van der Waals surface area (Å²) < 4.78 is 2.10. The number of imidazole rings is 1. The Balaban J connectivity index is 0.00000342. The van der Waals surface area contributed by atoms with Gasteiger partial charge in [-0.3, -0.25) is 4.79 Å². The molecule has 1 saturated heterocycles. The first-order valence-electron chi connectivity index (χ1n) is 12.1. The highest BCUT2D eigenvalue weighted by atomic mass is 35.5. The molecule has 1 atom stereocenters. The summed E-state index contributed by atoms with van der Waals surface area (Å²) in [7, 11) is 0. The zero-order valence-electron chi connectivity index (χ0n) is 20.8. The van der Waals surface area contributed by atoms with Crippen LogP contribution in [0.3, 0.4) is 0 Å². The molecule has 1 aliphatic heterocycles. The lowest BCUT2D eigenvalue weighted by atomic mass is 10.0. The summed E-state index contributed by atoms with van der Waals surface area (Å²) >= 11 is 0. The van der Waals surface area contributed by atoms with Gasteiger partial charge in [-0.2, -0.15) is 5.26 Å². The van der Waals surface area contributed by atoms with Gasteiger partial charge in [0.1, 0.15) is 0 Å². The van der Waals surface area contributed by atoms with Crippen molar-refractivity contribution in [1.29, 1.82) is 5.26 Å². The van der Waals surface area contributed by atoms with Gasteiger partial charge < -0.3 is 14.4 Å². The van der Waals surface area contributed by atoms with Gasteiger partial charge in [0.15, 0.2) is 0 Å². The first-order valence-corrected chi connectivity index (χ1v) is 12.1. The Morgan fingerprint density at radius 1 is 1.11 bits per heavy atom. The van der Waals surface area contributed by atoms with Crippen LogP contribution in [0.5, 0.6) is 0 Å². The molecule has 1 amide bonds. The molecular weight excluding hydrogens is 458 g/mol. The van der Waals surface area contributed by atoms with Crippen molar-refractivity contribution in [2.24, 2.45) is 0 Å². The molecule has 0 saturated carbocycles. The minimum atomic E-state index is 0. The molecule has 3 aromatic rings. The number of rotatable bonds is 8. The summed E-state index contributed by atoms with van der Waals surface area (Å²) in [4.78, 5) is 22.1. The molecule has 1 fully saturated rings. The Kier molecular flexibility index (Phi) is 8.95. The molecule has 0 radical (unpaired) electrons. The van der Waals surface area contributed by atoms with Crippen molar-refractivity contribution in [2.75, 3.05) is 18.0 Å². The van der Waals surface area contributed by atoms with Crippen molar-refractivity contribution in [3.8, 4) is 6.07 Å². The lowest BCUT2D eigenvalue weighted by Gasteiger charge is -2.43. The van der Waals surface area contributed by atoms with E-state index in [1.54, 1.807) is 0 Å². The number of aromatic nitrogens is 2. The van der Waals surface area contributed by atoms with Crippen LogP contribution in [0.15, 0.2) is 55.0 Å². The van der Waals surface area contributed by atoms with Crippen molar-refractivity contribution in [1.82, 2.24) is 14.5 Å². The molecule has 0 aliphatic carbocycles. The molecule has 0 spiro atoms. The van der Waals surface area contributed by atoms with E-state index < -0.39 is 0 Å². The fourth-order valence-electron chi connectivity index (χ4n) is 4.72. The molecule has 35 heavy (non-hydrogen) atoms. The molecule has 1 aliphatic rings. The van der Waals surface area contributed by atoms with Gasteiger partial charge >= 0.3 is 0 Å². The number of amides is 1. The van der Waals surface area contributed by atoms with E-state index in [4.69, 9.17) is 5.26 Å². The zero-order chi connectivity index (χ0) is 24.1. The van der Waals surface area contributed by atoms with Crippen LogP contribution < -0.4 is 4.90 Å². The fourth-order valence-corrected chi connectivity index (χ4v) is 4.72. The van der Waals surface area contributed by atoms with Crippen LogP contribution in [0.4, 0.5) is 5.69 Å². The third-order valence-electron chi connectivity index (χ3n) is 6.89. The van der Waals surface area contributed by atoms with Gasteiger partial charge in [0.2, 0.25) is 5.91 Å². The molecule has 4 rings (SSSR count). The Labute approximate surface area is 214 Å². The van der Waals surface area contributed by atoms with E-state index in [9.17, 15) is 4.79 Å². The normalized spacial score (nSPS) is 15.6. The monoisotopic (exact) mass is 491 g/mol. The lowest BCUT2D eigenvalue weighted by Crippen LogP contribution is -2.56. The zero-order valence-corrected chi connectivity index (χ0v) is 21.6. The molecule has 0 unspecified atom stereocenters. The highest BCUT2D eigenvalue weighted by molar-refractivity contribution is 5.85. The molecule has 184 valence electrons. The van der Waals surface area contributed by atoms with Gasteiger partial charge in [-0.05, 0) is 55.2 Å². The second-order valence-corrected chi connectivity index (χ2v) is 9.24. The quantitative estimate of drug-likeness (QED) is 0.431. The van der Waals surface area contributed by atoms with Crippen LogP contribution in [0, 0.1) is 25.2 Å². The van der Waals surface area contributed by atoms with Gasteiger partial charge in [-0.1, -0.05) is 44.0 Å². The van der Waals surface area contributed by atoms with Gasteiger partial charge in [0.25, 0.3) is 0 Å². The van der Waals surface area contributed by atoms with Gasteiger partial charge in [-0.15, -0.1) is 12.4 Å². The van der Waals surface area contributed by atoms with E-state index in [1.165, 1.54) is 16.8 Å². The van der Waals surface area contributed by atoms with Crippen molar-refractivity contribution in [2.45, 2.75) is 59.2 Å². The van der Waals surface area contributed by atoms with Crippen molar-refractivity contribution >= 4 is 24.0 Å².